The summed E-state index contributed by atoms with van der Waals surface area (Å²) in [7, 11) is 0. The minimum atomic E-state index is 0.0784. The number of amides is 1. The van der Waals surface area contributed by atoms with E-state index in [1.165, 1.54) is 11.1 Å². The van der Waals surface area contributed by atoms with Crippen LogP contribution in [0.25, 0.3) is 0 Å². The standard InChI is InChI=1S/C17H26N2O/c1-12-4-3-5-16(10-12)13(2)19-17(20)15-8-6-14(11-18)7-9-15/h3-5,10,13-15H,6-9,11,18H2,1-2H3,(H,19,20)/t13-,14?,15?/m0/s1. The van der Waals surface area contributed by atoms with Gasteiger partial charge in [-0.1, -0.05) is 29.8 Å². The highest BCUT2D eigenvalue weighted by Gasteiger charge is 2.26. The van der Waals surface area contributed by atoms with Crippen LogP contribution in [0.15, 0.2) is 24.3 Å². The summed E-state index contributed by atoms with van der Waals surface area (Å²) in [6.45, 7) is 4.89. The Hall–Kier alpha value is -1.35. The average Bonchev–Trinajstić information content (AvgIpc) is 2.47. The molecule has 2 rings (SSSR count). The van der Waals surface area contributed by atoms with Crippen LogP contribution >= 0.6 is 0 Å². The van der Waals surface area contributed by atoms with Gasteiger partial charge in [0.1, 0.15) is 0 Å². The molecule has 1 aliphatic rings. The maximum atomic E-state index is 12.3. The van der Waals surface area contributed by atoms with E-state index in [-0.39, 0.29) is 17.9 Å². The minimum absolute atomic E-state index is 0.0784. The summed E-state index contributed by atoms with van der Waals surface area (Å²) in [5, 5.41) is 3.16. The highest BCUT2D eigenvalue weighted by molar-refractivity contribution is 5.79. The zero-order chi connectivity index (χ0) is 14.5. The summed E-state index contributed by atoms with van der Waals surface area (Å²) in [6.07, 6.45) is 4.14. The fraction of sp³-hybridized carbons (Fsp3) is 0.588. The van der Waals surface area contributed by atoms with Gasteiger partial charge in [0.25, 0.3) is 0 Å². The predicted molar refractivity (Wildman–Crippen MR) is 82.2 cm³/mol. The van der Waals surface area contributed by atoms with Gasteiger partial charge in [-0.15, -0.1) is 0 Å². The molecular formula is C17H26N2O. The first-order valence-electron chi connectivity index (χ1n) is 7.67. The molecular weight excluding hydrogens is 248 g/mol. The third-order valence-corrected chi connectivity index (χ3v) is 4.45. The van der Waals surface area contributed by atoms with Crippen LogP contribution in [0.5, 0.6) is 0 Å². The SMILES string of the molecule is Cc1cccc([C@H](C)NC(=O)C2CCC(CN)CC2)c1. The van der Waals surface area contributed by atoms with Crippen molar-refractivity contribution in [2.24, 2.45) is 17.6 Å². The van der Waals surface area contributed by atoms with Gasteiger partial charge in [0, 0.05) is 5.92 Å². The van der Waals surface area contributed by atoms with Crippen molar-refractivity contribution in [2.45, 2.75) is 45.6 Å². The number of nitrogens with two attached hydrogens (primary N) is 1. The lowest BCUT2D eigenvalue weighted by atomic mass is 9.81. The molecule has 1 aliphatic carbocycles. The summed E-state index contributed by atoms with van der Waals surface area (Å²) in [4.78, 5) is 12.3. The molecule has 1 aromatic rings. The summed E-state index contributed by atoms with van der Waals surface area (Å²) >= 11 is 0. The number of rotatable bonds is 4. The van der Waals surface area contributed by atoms with Crippen LogP contribution in [0.1, 0.15) is 49.8 Å². The fourth-order valence-corrected chi connectivity index (χ4v) is 3.01. The quantitative estimate of drug-likeness (QED) is 0.887. The molecule has 3 nitrogen and oxygen atoms in total. The van der Waals surface area contributed by atoms with Crippen LogP contribution in [0.2, 0.25) is 0 Å². The molecule has 0 radical (unpaired) electrons. The molecule has 1 aromatic carbocycles. The zero-order valence-electron chi connectivity index (χ0n) is 12.6. The van der Waals surface area contributed by atoms with Gasteiger partial charge in [-0.25, -0.2) is 0 Å². The van der Waals surface area contributed by atoms with Crippen LogP contribution in [0, 0.1) is 18.8 Å². The van der Waals surface area contributed by atoms with Gasteiger partial charge < -0.3 is 11.1 Å². The number of carbonyl (C=O) groups excluding carboxylic acids is 1. The van der Waals surface area contributed by atoms with Crippen molar-refractivity contribution in [1.82, 2.24) is 5.32 Å². The maximum absolute atomic E-state index is 12.3. The molecule has 1 atom stereocenters. The normalized spacial score (nSPS) is 24.1. The molecule has 110 valence electrons. The zero-order valence-corrected chi connectivity index (χ0v) is 12.6. The van der Waals surface area contributed by atoms with Gasteiger partial charge in [-0.05, 0) is 57.6 Å². The number of carbonyl (C=O) groups is 1. The fourth-order valence-electron chi connectivity index (χ4n) is 3.01. The molecule has 0 aromatic heterocycles. The van der Waals surface area contributed by atoms with E-state index < -0.39 is 0 Å². The first-order chi connectivity index (χ1) is 9.60. The predicted octanol–water partition coefficient (Wildman–Crippen LogP) is 2.94. The molecule has 0 unspecified atom stereocenters. The molecule has 0 saturated heterocycles. The molecule has 1 amide bonds. The Labute approximate surface area is 121 Å². The lowest BCUT2D eigenvalue weighted by Gasteiger charge is -2.28. The highest BCUT2D eigenvalue weighted by Crippen LogP contribution is 2.28. The number of nitrogens with one attached hydrogen (secondary N) is 1. The first kappa shape index (κ1) is 15.0. The Bertz CT molecular complexity index is 450. The third kappa shape index (κ3) is 3.83. The van der Waals surface area contributed by atoms with E-state index in [1.807, 2.05) is 6.07 Å². The van der Waals surface area contributed by atoms with Crippen molar-refractivity contribution in [2.75, 3.05) is 6.54 Å². The van der Waals surface area contributed by atoms with Crippen molar-refractivity contribution in [1.29, 1.82) is 0 Å². The smallest absolute Gasteiger partial charge is 0.223 e. The topological polar surface area (TPSA) is 55.1 Å². The molecule has 1 saturated carbocycles. The van der Waals surface area contributed by atoms with Gasteiger partial charge >= 0.3 is 0 Å². The number of hydrogen-bond donors (Lipinski definition) is 2. The van der Waals surface area contributed by atoms with Crippen molar-refractivity contribution < 1.29 is 4.79 Å². The van der Waals surface area contributed by atoms with Crippen LogP contribution < -0.4 is 11.1 Å². The second kappa shape index (κ2) is 6.89. The van der Waals surface area contributed by atoms with Crippen molar-refractivity contribution in [3.8, 4) is 0 Å². The van der Waals surface area contributed by atoms with Crippen LogP contribution in [0.3, 0.4) is 0 Å². The lowest BCUT2D eigenvalue weighted by Crippen LogP contribution is -2.35. The molecule has 1 fully saturated rings. The number of benzene rings is 1. The van der Waals surface area contributed by atoms with Gasteiger partial charge in [-0.2, -0.15) is 0 Å². The number of hydrogen-bond acceptors (Lipinski definition) is 2. The average molecular weight is 274 g/mol. The monoisotopic (exact) mass is 274 g/mol. The van der Waals surface area contributed by atoms with E-state index in [2.05, 4.69) is 37.4 Å². The number of aryl methyl sites for hydroxylation is 1. The summed E-state index contributed by atoms with van der Waals surface area (Å²) in [5.41, 5.74) is 8.10. The van der Waals surface area contributed by atoms with Gasteiger partial charge in [0.2, 0.25) is 5.91 Å². The van der Waals surface area contributed by atoms with Gasteiger partial charge in [-0.3, -0.25) is 4.79 Å². The van der Waals surface area contributed by atoms with E-state index in [0.717, 1.165) is 32.2 Å². The molecule has 0 bridgehead atoms. The van der Waals surface area contributed by atoms with Crippen molar-refractivity contribution in [3.63, 3.8) is 0 Å². The summed E-state index contributed by atoms with van der Waals surface area (Å²) < 4.78 is 0. The Morgan fingerprint density at radius 1 is 1.35 bits per heavy atom. The largest absolute Gasteiger partial charge is 0.349 e. The molecule has 0 aliphatic heterocycles. The van der Waals surface area contributed by atoms with Gasteiger partial charge in [0.15, 0.2) is 0 Å². The van der Waals surface area contributed by atoms with Crippen LogP contribution in [-0.2, 0) is 4.79 Å². The van der Waals surface area contributed by atoms with E-state index in [4.69, 9.17) is 5.73 Å². The Morgan fingerprint density at radius 2 is 2.05 bits per heavy atom. The molecule has 0 spiro atoms. The highest BCUT2D eigenvalue weighted by atomic mass is 16.1. The van der Waals surface area contributed by atoms with E-state index in [9.17, 15) is 4.79 Å². The summed E-state index contributed by atoms with van der Waals surface area (Å²) in [5.74, 6) is 0.993. The maximum Gasteiger partial charge on any atom is 0.223 e. The second-order valence-electron chi connectivity index (χ2n) is 6.10. The van der Waals surface area contributed by atoms with E-state index >= 15 is 0 Å². The second-order valence-corrected chi connectivity index (χ2v) is 6.10. The lowest BCUT2D eigenvalue weighted by molar-refractivity contribution is -0.126. The third-order valence-electron chi connectivity index (χ3n) is 4.45. The molecule has 20 heavy (non-hydrogen) atoms. The molecule has 3 N–H and O–H groups in total. The Morgan fingerprint density at radius 3 is 2.65 bits per heavy atom. The first-order valence-corrected chi connectivity index (χ1v) is 7.67. The minimum Gasteiger partial charge on any atom is -0.349 e. The van der Waals surface area contributed by atoms with Crippen LogP contribution in [-0.4, -0.2) is 12.5 Å². The molecule has 0 heterocycles. The Balaban J connectivity index is 1.88. The molecule has 3 heteroatoms. The summed E-state index contributed by atoms with van der Waals surface area (Å²) in [6, 6.07) is 8.40. The van der Waals surface area contributed by atoms with E-state index in [0.29, 0.717) is 5.92 Å². The van der Waals surface area contributed by atoms with E-state index in [1.54, 1.807) is 0 Å². The Kier molecular flexibility index (Phi) is 5.18. The van der Waals surface area contributed by atoms with Gasteiger partial charge in [0.05, 0.1) is 6.04 Å². The van der Waals surface area contributed by atoms with Crippen LogP contribution in [0.4, 0.5) is 0 Å². The van der Waals surface area contributed by atoms with Crippen molar-refractivity contribution in [3.05, 3.63) is 35.4 Å². The van der Waals surface area contributed by atoms with Crippen molar-refractivity contribution >= 4 is 5.91 Å².